The molecule has 0 bridgehead atoms. The van der Waals surface area contributed by atoms with Gasteiger partial charge >= 0.3 is 0 Å². The highest BCUT2D eigenvalue weighted by molar-refractivity contribution is 7.15. The molecule has 9 heteroatoms. The number of allylic oxidation sites excluding steroid dienone is 24. The second-order valence-corrected chi connectivity index (χ2v) is 18.2. The fourth-order valence-electron chi connectivity index (χ4n) is 7.18. The zero-order chi connectivity index (χ0) is 49.5. The fraction of sp³-hybridized carbons (Fsp3) is 0.500. The molecular weight excluding hydrogens is 871 g/mol. The van der Waals surface area contributed by atoms with Gasteiger partial charge < -0.3 is 21.3 Å². The van der Waals surface area contributed by atoms with Gasteiger partial charge in [-0.2, -0.15) is 0 Å². The molecule has 0 spiro atoms. The van der Waals surface area contributed by atoms with Crippen LogP contribution in [-0.4, -0.2) is 47.9 Å². The number of hydrogen-bond acceptors (Lipinski definition) is 6. The van der Waals surface area contributed by atoms with Crippen LogP contribution < -0.4 is 21.3 Å². The molecule has 0 saturated heterocycles. The molecular formula is C60H89N5O3S. The Hall–Kier alpha value is -5.12. The van der Waals surface area contributed by atoms with Gasteiger partial charge in [0.1, 0.15) is 6.04 Å². The number of aryl methyl sites for hydroxylation is 1. The quantitative estimate of drug-likeness (QED) is 0.0388. The highest BCUT2D eigenvalue weighted by atomic mass is 32.1. The van der Waals surface area contributed by atoms with E-state index >= 15 is 0 Å². The topological polar surface area (TPSA) is 112 Å². The third-order valence-electron chi connectivity index (χ3n) is 11.0. The zero-order valence-corrected chi connectivity index (χ0v) is 43.6. The summed E-state index contributed by atoms with van der Waals surface area (Å²) in [4.78, 5) is 45.3. The largest absolute Gasteiger partial charge is 0.356 e. The lowest BCUT2D eigenvalue weighted by atomic mass is 9.98. The van der Waals surface area contributed by atoms with Gasteiger partial charge in [-0.1, -0.05) is 167 Å². The first-order valence-electron chi connectivity index (χ1n) is 26.3. The van der Waals surface area contributed by atoms with Crippen LogP contribution in [0.15, 0.2) is 146 Å². The summed E-state index contributed by atoms with van der Waals surface area (Å²) in [5.41, 5.74) is 1.07. The SMILES string of the molecule is CCC=CCC=CCC=CC/C=C\C/C=C\C/C=C\CCC(=O)NCCCC[C@H](NC(=O)CC/C=C\C/C=C\CC=CCC=CCC=CC/C=C\CC)C(=O)Nc1nc2c(s1)C[C@H](NCCC)CC2. The molecule has 1 aromatic heterocycles. The number of aromatic nitrogens is 1. The molecule has 1 aliphatic carbocycles. The van der Waals surface area contributed by atoms with E-state index in [1.807, 2.05) is 6.08 Å². The molecule has 378 valence electrons. The van der Waals surface area contributed by atoms with Crippen molar-refractivity contribution in [3.05, 3.63) is 156 Å². The minimum Gasteiger partial charge on any atom is -0.356 e. The van der Waals surface area contributed by atoms with Gasteiger partial charge in [0, 0.05) is 30.3 Å². The van der Waals surface area contributed by atoms with E-state index < -0.39 is 6.04 Å². The summed E-state index contributed by atoms with van der Waals surface area (Å²) in [5, 5.41) is 13.3. The van der Waals surface area contributed by atoms with Crippen molar-refractivity contribution < 1.29 is 14.4 Å². The molecule has 4 N–H and O–H groups in total. The summed E-state index contributed by atoms with van der Waals surface area (Å²) in [6, 6.07) is -0.252. The predicted octanol–water partition coefficient (Wildman–Crippen LogP) is 14.7. The molecule has 1 heterocycles. The van der Waals surface area contributed by atoms with Crippen molar-refractivity contribution in [3.63, 3.8) is 0 Å². The Kier molecular flexibility index (Phi) is 38.4. The highest BCUT2D eigenvalue weighted by Crippen LogP contribution is 2.30. The van der Waals surface area contributed by atoms with Gasteiger partial charge in [-0.15, -0.1) is 11.3 Å². The molecule has 69 heavy (non-hydrogen) atoms. The molecule has 0 fully saturated rings. The van der Waals surface area contributed by atoms with Crippen LogP contribution in [0.5, 0.6) is 0 Å². The Bertz CT molecular complexity index is 1890. The maximum absolute atomic E-state index is 13.6. The van der Waals surface area contributed by atoms with Gasteiger partial charge in [0.25, 0.3) is 0 Å². The van der Waals surface area contributed by atoms with Crippen LogP contribution in [0.3, 0.4) is 0 Å². The number of carbonyl (C=O) groups excluding carboxylic acids is 3. The fourth-order valence-corrected chi connectivity index (χ4v) is 8.27. The Morgan fingerprint density at radius 2 is 1.00 bits per heavy atom. The van der Waals surface area contributed by atoms with Crippen molar-refractivity contribution in [1.82, 2.24) is 20.9 Å². The highest BCUT2D eigenvalue weighted by Gasteiger charge is 2.25. The number of rotatable bonds is 39. The third kappa shape index (κ3) is 34.8. The van der Waals surface area contributed by atoms with E-state index in [-0.39, 0.29) is 17.7 Å². The van der Waals surface area contributed by atoms with Gasteiger partial charge in [0.2, 0.25) is 17.7 Å². The Morgan fingerprint density at radius 1 is 0.565 bits per heavy atom. The van der Waals surface area contributed by atoms with Crippen LogP contribution in [0.2, 0.25) is 0 Å². The molecule has 3 amide bonds. The summed E-state index contributed by atoms with van der Waals surface area (Å²) in [5.74, 6) is -0.378. The number of unbranched alkanes of at least 4 members (excludes halogenated alkanes) is 1. The third-order valence-corrected chi connectivity index (χ3v) is 12.1. The van der Waals surface area contributed by atoms with E-state index in [0.29, 0.717) is 62.7 Å². The van der Waals surface area contributed by atoms with Crippen molar-refractivity contribution in [2.24, 2.45) is 0 Å². The average Bonchev–Trinajstić information content (AvgIpc) is 3.75. The Labute approximate surface area is 422 Å². The average molecular weight is 960 g/mol. The van der Waals surface area contributed by atoms with Gasteiger partial charge in [-0.05, 0) is 141 Å². The van der Waals surface area contributed by atoms with Crippen LogP contribution in [0, 0.1) is 0 Å². The lowest BCUT2D eigenvalue weighted by molar-refractivity contribution is -0.126. The molecule has 0 unspecified atom stereocenters. The molecule has 8 nitrogen and oxygen atoms in total. The lowest BCUT2D eigenvalue weighted by Crippen LogP contribution is -2.43. The summed E-state index contributed by atoms with van der Waals surface area (Å²) in [6.45, 7) is 8.00. The number of hydrogen-bond donors (Lipinski definition) is 4. The smallest absolute Gasteiger partial charge is 0.248 e. The van der Waals surface area contributed by atoms with Crippen LogP contribution >= 0.6 is 11.3 Å². The predicted molar refractivity (Wildman–Crippen MR) is 299 cm³/mol. The van der Waals surface area contributed by atoms with E-state index in [9.17, 15) is 14.4 Å². The second-order valence-electron chi connectivity index (χ2n) is 17.1. The van der Waals surface area contributed by atoms with E-state index in [2.05, 4.69) is 182 Å². The summed E-state index contributed by atoms with van der Waals surface area (Å²) < 4.78 is 0. The number of nitrogens with one attached hydrogen (secondary N) is 4. The maximum Gasteiger partial charge on any atom is 0.248 e. The van der Waals surface area contributed by atoms with Crippen molar-refractivity contribution in [2.45, 2.75) is 181 Å². The second kappa shape index (κ2) is 44.1. The normalized spacial score (nSPS) is 15.3. The first-order valence-corrected chi connectivity index (χ1v) is 27.2. The first kappa shape index (κ1) is 60.0. The molecule has 1 aliphatic rings. The number of amides is 3. The van der Waals surface area contributed by atoms with Crippen LogP contribution in [0.1, 0.15) is 166 Å². The molecule has 1 aromatic rings. The number of carbonyl (C=O) groups is 3. The van der Waals surface area contributed by atoms with E-state index in [0.717, 1.165) is 115 Å². The summed E-state index contributed by atoms with van der Waals surface area (Å²) in [7, 11) is 0. The van der Waals surface area contributed by atoms with E-state index in [1.165, 1.54) is 4.88 Å². The molecule has 0 aliphatic heterocycles. The standard InChI is InChI=1S/C60H89N5O3S/c1-4-7-9-11-13-15-17-19-21-23-25-27-29-31-33-35-37-39-41-46-57(66)62-51-44-43-45-55(59(68)65-60-64-54-49-48-53(61-50-6-3)52-56(54)69-60)63-58(67)47-42-40-38-36-34-32-30-28-26-24-22-20-18-16-14-12-10-8-5-2/h7-10,13-16,19-22,25-28,31-34,37-40,53,55,61H,4-6,11-12,17-18,23-24,29-30,35-36,41-52H2,1-3H3,(H,62,66)(H,63,67)(H,64,65,68)/b9-7?,10-8-,15-13?,16-14?,21-19?,22-20?,27-25-,28-26?,33-31-,34-32-,39-37-,40-38-/t53-,55+/m1/s1. The Morgan fingerprint density at radius 3 is 1.45 bits per heavy atom. The van der Waals surface area contributed by atoms with Crippen molar-refractivity contribution in [3.8, 4) is 0 Å². The zero-order valence-electron chi connectivity index (χ0n) is 42.8. The molecule has 0 aromatic carbocycles. The Balaban J connectivity index is 1.71. The molecule has 2 atom stereocenters. The van der Waals surface area contributed by atoms with E-state index in [1.54, 1.807) is 11.3 Å². The van der Waals surface area contributed by atoms with Crippen LogP contribution in [0.4, 0.5) is 5.13 Å². The van der Waals surface area contributed by atoms with Crippen LogP contribution in [-0.2, 0) is 27.2 Å². The van der Waals surface area contributed by atoms with Crippen molar-refractivity contribution in [2.75, 3.05) is 18.4 Å². The van der Waals surface area contributed by atoms with Crippen molar-refractivity contribution in [1.29, 1.82) is 0 Å². The summed E-state index contributed by atoms with van der Waals surface area (Å²) in [6.07, 6.45) is 71.5. The minimum atomic E-state index is -0.688. The number of anilines is 1. The molecule has 0 saturated carbocycles. The summed E-state index contributed by atoms with van der Waals surface area (Å²) >= 11 is 1.54. The van der Waals surface area contributed by atoms with E-state index in [4.69, 9.17) is 4.98 Å². The van der Waals surface area contributed by atoms with Crippen LogP contribution in [0.25, 0.3) is 0 Å². The number of nitrogens with zero attached hydrogens (tertiary/aromatic N) is 1. The monoisotopic (exact) mass is 960 g/mol. The van der Waals surface area contributed by atoms with Gasteiger partial charge in [0.05, 0.1) is 5.69 Å². The van der Waals surface area contributed by atoms with Crippen molar-refractivity contribution >= 4 is 34.2 Å². The maximum atomic E-state index is 13.6. The van der Waals surface area contributed by atoms with Gasteiger partial charge in [0.15, 0.2) is 5.13 Å². The lowest BCUT2D eigenvalue weighted by Gasteiger charge is -2.21. The minimum absolute atomic E-state index is 0.0198. The first-order chi connectivity index (χ1) is 34.0. The molecule has 0 radical (unpaired) electrons. The number of thiazole rings is 1. The van der Waals surface area contributed by atoms with Gasteiger partial charge in [-0.3, -0.25) is 14.4 Å². The molecule has 2 rings (SSSR count). The van der Waals surface area contributed by atoms with Gasteiger partial charge in [-0.25, -0.2) is 4.98 Å². The number of fused-ring (bicyclic) bond motifs is 1.